The molecule has 0 atom stereocenters. The van der Waals surface area contributed by atoms with Crippen molar-refractivity contribution in [2.24, 2.45) is 0 Å². The number of benzene rings is 1. The normalized spacial score (nSPS) is 10.2. The Hall–Kier alpha value is -3.55. The van der Waals surface area contributed by atoms with E-state index in [0.29, 0.717) is 49.9 Å². The van der Waals surface area contributed by atoms with Crippen LogP contribution in [-0.2, 0) is 25.5 Å². The van der Waals surface area contributed by atoms with Gasteiger partial charge in [-0.1, -0.05) is 19.2 Å². The Labute approximate surface area is 213 Å². The minimum absolute atomic E-state index is 0.162. The number of carbonyl (C=O) groups excluding carboxylic acids is 2. The van der Waals surface area contributed by atoms with Crippen LogP contribution in [0.3, 0.4) is 0 Å². The summed E-state index contributed by atoms with van der Waals surface area (Å²) in [5, 5.41) is 9.61. The van der Waals surface area contributed by atoms with Crippen molar-refractivity contribution in [2.45, 2.75) is 57.8 Å². The second-order valence-electron chi connectivity index (χ2n) is 7.99. The number of hydrogen-bond donors (Lipinski definition) is 1. The predicted molar refractivity (Wildman–Crippen MR) is 138 cm³/mol. The van der Waals surface area contributed by atoms with Gasteiger partial charge in [0.15, 0.2) is 11.5 Å². The summed E-state index contributed by atoms with van der Waals surface area (Å²) in [7, 11) is 0. The molecule has 0 bridgehead atoms. The Morgan fingerprint density at radius 3 is 1.69 bits per heavy atom. The van der Waals surface area contributed by atoms with Gasteiger partial charge in [0.25, 0.3) is 0 Å². The zero-order chi connectivity index (χ0) is 26.6. The van der Waals surface area contributed by atoms with Crippen molar-refractivity contribution < 1.29 is 38.4 Å². The number of rotatable bonds is 21. The van der Waals surface area contributed by atoms with Crippen molar-refractivity contribution >= 4 is 17.9 Å². The first-order valence-corrected chi connectivity index (χ1v) is 12.3. The zero-order valence-electron chi connectivity index (χ0n) is 21.0. The maximum atomic E-state index is 11.7. The lowest BCUT2D eigenvalue weighted by Gasteiger charge is -2.18. The van der Waals surface area contributed by atoms with E-state index in [-0.39, 0.29) is 5.56 Å². The second-order valence-corrected chi connectivity index (χ2v) is 7.99. The van der Waals surface area contributed by atoms with Crippen molar-refractivity contribution in [3.8, 4) is 11.5 Å². The molecule has 0 aromatic heterocycles. The molecule has 0 aliphatic rings. The molecule has 1 N–H and O–H groups in total. The van der Waals surface area contributed by atoms with Crippen LogP contribution in [0.15, 0.2) is 50.1 Å². The molecule has 0 aliphatic carbocycles. The van der Waals surface area contributed by atoms with Gasteiger partial charge < -0.3 is 24.1 Å². The fourth-order valence-corrected chi connectivity index (χ4v) is 3.36. The number of carbonyl (C=O) groups is 3. The zero-order valence-corrected chi connectivity index (χ0v) is 21.0. The Morgan fingerprint density at radius 1 is 0.722 bits per heavy atom. The van der Waals surface area contributed by atoms with E-state index in [1.165, 1.54) is 6.07 Å². The number of unbranched alkanes of at least 4 members (excludes halogenated alkanes) is 6. The van der Waals surface area contributed by atoms with Crippen LogP contribution in [0.5, 0.6) is 11.5 Å². The molecular weight excluding hydrogens is 464 g/mol. The van der Waals surface area contributed by atoms with Gasteiger partial charge in [0.05, 0.1) is 32.0 Å². The summed E-state index contributed by atoms with van der Waals surface area (Å²) in [6, 6.07) is 3.16. The molecule has 1 rings (SSSR count). The molecule has 36 heavy (non-hydrogen) atoms. The highest BCUT2D eigenvalue weighted by atomic mass is 16.5. The number of carboxylic acid groups (broad SMARTS) is 1. The van der Waals surface area contributed by atoms with Crippen LogP contribution in [0.1, 0.15) is 67.3 Å². The van der Waals surface area contributed by atoms with Gasteiger partial charge in [0.2, 0.25) is 0 Å². The van der Waals surface area contributed by atoms with Crippen LogP contribution in [0.4, 0.5) is 0 Å². The summed E-state index contributed by atoms with van der Waals surface area (Å²) < 4.78 is 21.9. The Bertz CT molecular complexity index is 875. The number of carboxylic acids is 1. The molecule has 0 fully saturated rings. The third kappa shape index (κ3) is 12.2. The fourth-order valence-electron chi connectivity index (χ4n) is 3.36. The standard InChI is InChI=1S/C28H38O8/c1-4-15-22-23(28(31)32)16-17-24(33-18-11-7-8-12-19-34-25(29)5-2)27(22)36-21-14-10-9-13-20-35-26(30)6-3/h4-6,16-17H,1-3,7-15,18-21H2,(H,31,32). The molecule has 1 aromatic carbocycles. The molecule has 0 spiro atoms. The van der Waals surface area contributed by atoms with E-state index in [2.05, 4.69) is 19.7 Å². The molecule has 0 unspecified atom stereocenters. The van der Waals surface area contributed by atoms with E-state index in [1.54, 1.807) is 12.1 Å². The van der Waals surface area contributed by atoms with E-state index >= 15 is 0 Å². The molecule has 0 radical (unpaired) electrons. The van der Waals surface area contributed by atoms with Crippen LogP contribution in [0, 0.1) is 0 Å². The summed E-state index contributed by atoms with van der Waals surface area (Å²) in [6.45, 7) is 12.0. The topological polar surface area (TPSA) is 108 Å². The van der Waals surface area contributed by atoms with Gasteiger partial charge in [-0.15, -0.1) is 6.58 Å². The van der Waals surface area contributed by atoms with Gasteiger partial charge in [-0.05, 0) is 69.9 Å². The summed E-state index contributed by atoms with van der Waals surface area (Å²) in [5.74, 6) is -0.929. The lowest BCUT2D eigenvalue weighted by atomic mass is 10.0. The monoisotopic (exact) mass is 502 g/mol. The van der Waals surface area contributed by atoms with E-state index in [0.717, 1.165) is 63.5 Å². The van der Waals surface area contributed by atoms with Crippen LogP contribution in [0.25, 0.3) is 0 Å². The fraction of sp³-hybridized carbons (Fsp3) is 0.464. The van der Waals surface area contributed by atoms with Crippen molar-refractivity contribution in [3.05, 3.63) is 61.2 Å². The predicted octanol–water partition coefficient (Wildman–Crippen LogP) is 5.45. The molecule has 1 aromatic rings. The van der Waals surface area contributed by atoms with E-state index < -0.39 is 17.9 Å². The van der Waals surface area contributed by atoms with Crippen LogP contribution < -0.4 is 9.47 Å². The number of esters is 2. The second kappa shape index (κ2) is 18.7. The maximum Gasteiger partial charge on any atom is 0.336 e. The Morgan fingerprint density at radius 2 is 1.22 bits per heavy atom. The number of hydrogen-bond acceptors (Lipinski definition) is 7. The lowest BCUT2D eigenvalue weighted by Crippen LogP contribution is -2.09. The average molecular weight is 503 g/mol. The third-order valence-electron chi connectivity index (χ3n) is 5.21. The molecule has 0 heterocycles. The van der Waals surface area contributed by atoms with Crippen molar-refractivity contribution in [1.82, 2.24) is 0 Å². The maximum absolute atomic E-state index is 11.7. The molecule has 0 saturated carbocycles. The minimum Gasteiger partial charge on any atom is -0.490 e. The lowest BCUT2D eigenvalue weighted by molar-refractivity contribution is -0.138. The SMILES string of the molecule is C=CCc1c(C(=O)O)ccc(OCCCCCCOC(=O)C=C)c1OCCCCCCOC(=O)C=C. The average Bonchev–Trinajstić information content (AvgIpc) is 2.87. The highest BCUT2D eigenvalue weighted by Crippen LogP contribution is 2.35. The van der Waals surface area contributed by atoms with Gasteiger partial charge in [-0.2, -0.15) is 0 Å². The number of allylic oxidation sites excluding steroid dienone is 1. The van der Waals surface area contributed by atoms with Crippen LogP contribution >= 0.6 is 0 Å². The molecule has 0 amide bonds. The van der Waals surface area contributed by atoms with Crippen molar-refractivity contribution in [1.29, 1.82) is 0 Å². The van der Waals surface area contributed by atoms with Crippen molar-refractivity contribution in [3.63, 3.8) is 0 Å². The van der Waals surface area contributed by atoms with Crippen LogP contribution in [0.2, 0.25) is 0 Å². The van der Waals surface area contributed by atoms with E-state index in [1.807, 2.05) is 0 Å². The smallest absolute Gasteiger partial charge is 0.336 e. The molecule has 0 aliphatic heterocycles. The van der Waals surface area contributed by atoms with Crippen molar-refractivity contribution in [2.75, 3.05) is 26.4 Å². The quantitative estimate of drug-likeness (QED) is 0.102. The van der Waals surface area contributed by atoms with Crippen LogP contribution in [-0.4, -0.2) is 49.4 Å². The van der Waals surface area contributed by atoms with Gasteiger partial charge >= 0.3 is 17.9 Å². The number of ether oxygens (including phenoxy) is 4. The largest absolute Gasteiger partial charge is 0.490 e. The van der Waals surface area contributed by atoms with Gasteiger partial charge in [-0.25, -0.2) is 14.4 Å². The van der Waals surface area contributed by atoms with Gasteiger partial charge in [0.1, 0.15) is 0 Å². The Kier molecular flexibility index (Phi) is 15.9. The van der Waals surface area contributed by atoms with E-state index in [9.17, 15) is 19.5 Å². The molecule has 0 saturated heterocycles. The molecule has 8 heteroatoms. The first-order chi connectivity index (χ1) is 17.4. The highest BCUT2D eigenvalue weighted by molar-refractivity contribution is 5.91. The third-order valence-corrected chi connectivity index (χ3v) is 5.21. The molecular formula is C28H38O8. The first-order valence-electron chi connectivity index (χ1n) is 12.3. The highest BCUT2D eigenvalue weighted by Gasteiger charge is 2.19. The van der Waals surface area contributed by atoms with Gasteiger partial charge in [0, 0.05) is 17.7 Å². The van der Waals surface area contributed by atoms with E-state index in [4.69, 9.17) is 18.9 Å². The molecule has 198 valence electrons. The van der Waals surface area contributed by atoms with Gasteiger partial charge in [-0.3, -0.25) is 0 Å². The minimum atomic E-state index is -1.03. The Balaban J connectivity index is 2.60. The summed E-state index contributed by atoms with van der Waals surface area (Å²) in [5.41, 5.74) is 0.700. The summed E-state index contributed by atoms with van der Waals surface area (Å²) in [6.07, 6.45) is 10.9. The first kappa shape index (κ1) is 30.5. The summed E-state index contributed by atoms with van der Waals surface area (Å²) in [4.78, 5) is 33.8. The molecule has 8 nitrogen and oxygen atoms in total. The summed E-state index contributed by atoms with van der Waals surface area (Å²) >= 11 is 0. The number of aromatic carboxylic acids is 1.